The van der Waals surface area contributed by atoms with Crippen LogP contribution in [-0.4, -0.2) is 136 Å². The van der Waals surface area contributed by atoms with Crippen LogP contribution in [0.15, 0.2) is 42.5 Å². The van der Waals surface area contributed by atoms with Crippen molar-refractivity contribution in [3.8, 4) is 28.7 Å². The molecule has 2 aliphatic rings. The molecule has 4 rings (SSSR count). The number of aromatic hydroxyl groups is 2. The molecule has 0 spiro atoms. The highest BCUT2D eigenvalue weighted by atomic mass is 16.8. The molecule has 0 amide bonds. The zero-order valence-corrected chi connectivity index (χ0v) is 26.2. The van der Waals surface area contributed by atoms with Gasteiger partial charge in [-0.2, -0.15) is 0 Å². The number of phenolic OH excluding ortho intramolecular Hbond substituents is 2. The van der Waals surface area contributed by atoms with Gasteiger partial charge in [-0.15, -0.1) is 0 Å². The van der Waals surface area contributed by atoms with Crippen molar-refractivity contribution in [3.63, 3.8) is 0 Å². The molecular formula is C32H40O16. The highest BCUT2D eigenvalue weighted by molar-refractivity contribution is 5.87. The van der Waals surface area contributed by atoms with E-state index in [2.05, 4.69) is 0 Å². The lowest BCUT2D eigenvalue weighted by Gasteiger charge is -2.45. The quantitative estimate of drug-likeness (QED) is 0.0794. The Kier molecular flexibility index (Phi) is 12.6. The predicted molar refractivity (Wildman–Crippen MR) is 164 cm³/mol. The topological polar surface area (TPSA) is 244 Å². The smallest absolute Gasteiger partial charge is 0.331 e. The first-order chi connectivity index (χ1) is 22.9. The summed E-state index contributed by atoms with van der Waals surface area (Å²) >= 11 is 0. The van der Waals surface area contributed by atoms with Crippen LogP contribution in [0.25, 0.3) is 12.2 Å². The molecular weight excluding hydrogens is 640 g/mol. The van der Waals surface area contributed by atoms with Crippen LogP contribution in [0.3, 0.4) is 0 Å². The van der Waals surface area contributed by atoms with Crippen molar-refractivity contribution < 1.29 is 78.8 Å². The number of carbonyl (C=O) groups is 1. The largest absolute Gasteiger partial charge is 0.504 e. The number of aliphatic hydroxyl groups excluding tert-OH is 6. The van der Waals surface area contributed by atoms with E-state index in [4.69, 9.17) is 33.2 Å². The Morgan fingerprint density at radius 3 is 2.12 bits per heavy atom. The van der Waals surface area contributed by atoms with Gasteiger partial charge in [0.25, 0.3) is 0 Å². The van der Waals surface area contributed by atoms with Gasteiger partial charge in [0.2, 0.25) is 12.0 Å². The molecule has 0 aromatic heterocycles. The average Bonchev–Trinajstić information content (AvgIpc) is 3.08. The molecule has 10 atom stereocenters. The fraction of sp³-hybridized carbons (Fsp3) is 0.469. The van der Waals surface area contributed by atoms with Crippen LogP contribution < -0.4 is 14.2 Å². The van der Waals surface area contributed by atoms with Gasteiger partial charge in [-0.3, -0.25) is 0 Å². The van der Waals surface area contributed by atoms with Gasteiger partial charge in [-0.25, -0.2) is 4.79 Å². The van der Waals surface area contributed by atoms with Gasteiger partial charge in [-0.05, 0) is 54.5 Å². The van der Waals surface area contributed by atoms with Crippen LogP contribution >= 0.6 is 0 Å². The third-order valence-corrected chi connectivity index (χ3v) is 7.68. The van der Waals surface area contributed by atoms with Crippen LogP contribution in [0.4, 0.5) is 0 Å². The predicted octanol–water partition coefficient (Wildman–Crippen LogP) is -0.585. The second-order valence-corrected chi connectivity index (χ2v) is 11.0. The zero-order chi connectivity index (χ0) is 35.1. The lowest BCUT2D eigenvalue weighted by molar-refractivity contribution is -0.354. The minimum absolute atomic E-state index is 0.0261. The van der Waals surface area contributed by atoms with Gasteiger partial charge < -0.3 is 74.0 Å². The maximum atomic E-state index is 12.1. The van der Waals surface area contributed by atoms with E-state index in [0.717, 1.165) is 6.08 Å². The molecule has 0 saturated carbocycles. The summed E-state index contributed by atoms with van der Waals surface area (Å²) in [6.45, 7) is 0.631. The van der Waals surface area contributed by atoms with E-state index < -0.39 is 74.0 Å². The summed E-state index contributed by atoms with van der Waals surface area (Å²) < 4.78 is 39.2. The molecule has 264 valence electrons. The number of phenols is 2. The molecule has 0 aliphatic carbocycles. The van der Waals surface area contributed by atoms with Crippen molar-refractivity contribution >= 4 is 18.1 Å². The minimum atomic E-state index is -1.74. The lowest BCUT2D eigenvalue weighted by Crippen LogP contribution is -2.64. The molecule has 8 N–H and O–H groups in total. The summed E-state index contributed by atoms with van der Waals surface area (Å²) in [5.74, 6) is -1.05. The second kappa shape index (κ2) is 16.4. The van der Waals surface area contributed by atoms with E-state index in [1.807, 2.05) is 0 Å². The molecule has 48 heavy (non-hydrogen) atoms. The number of methoxy groups -OCH3 is 2. The Hall–Kier alpha value is -3.97. The number of ether oxygens (including phenoxy) is 7. The van der Waals surface area contributed by atoms with Crippen molar-refractivity contribution in [3.05, 3.63) is 53.6 Å². The van der Waals surface area contributed by atoms with E-state index in [1.54, 1.807) is 24.3 Å². The summed E-state index contributed by atoms with van der Waals surface area (Å²) in [6.07, 6.45) is -9.42. The van der Waals surface area contributed by atoms with Crippen LogP contribution in [0.2, 0.25) is 0 Å². The number of esters is 1. The number of benzene rings is 2. The molecule has 2 aromatic rings. The molecule has 2 heterocycles. The summed E-state index contributed by atoms with van der Waals surface area (Å²) in [5, 5.41) is 80.9. The highest BCUT2D eigenvalue weighted by Gasteiger charge is 2.51. The highest BCUT2D eigenvalue weighted by Crippen LogP contribution is 2.41. The second-order valence-electron chi connectivity index (χ2n) is 11.0. The molecule has 0 radical (unpaired) electrons. The number of carbonyl (C=O) groups excluding carboxylic acids is 1. The first-order valence-corrected chi connectivity index (χ1v) is 14.8. The molecule has 16 heteroatoms. The van der Waals surface area contributed by atoms with Gasteiger partial charge in [0.1, 0.15) is 43.2 Å². The Balaban J connectivity index is 1.48. The Labute approximate surface area is 275 Å². The van der Waals surface area contributed by atoms with Crippen molar-refractivity contribution in [1.29, 1.82) is 0 Å². The maximum Gasteiger partial charge on any atom is 0.331 e. The number of aliphatic hydroxyl groups is 6. The van der Waals surface area contributed by atoms with Crippen LogP contribution in [0.5, 0.6) is 28.7 Å². The summed E-state index contributed by atoms with van der Waals surface area (Å²) in [6, 6.07) is 7.17. The van der Waals surface area contributed by atoms with E-state index in [1.165, 1.54) is 45.4 Å². The average molecular weight is 681 g/mol. The minimum Gasteiger partial charge on any atom is -0.504 e. The molecule has 0 bridgehead atoms. The monoisotopic (exact) mass is 680 g/mol. The fourth-order valence-corrected chi connectivity index (χ4v) is 4.98. The Morgan fingerprint density at radius 2 is 1.50 bits per heavy atom. The standard InChI is InChI=1S/C32H40O16/c1-15-24(37)26(39)28(41)31(45-15)48-30-27(40)25(38)22(14-33)46-32(30)47-29-20(42-2)12-17(13-21(29)43-3)5-4-10-44-23(36)9-7-16-6-8-18(34)19(35)11-16/h4-9,11-13,15,22,24-28,30-35,37-41H,10,14H2,1-3H3/b5-4+,9-7+/t15-,22+,24-,25+,26+,27-,28+,30+,31-,32-/m0/s1. The van der Waals surface area contributed by atoms with Gasteiger partial charge in [-0.1, -0.05) is 12.1 Å². The van der Waals surface area contributed by atoms with Crippen LogP contribution in [0, 0.1) is 0 Å². The van der Waals surface area contributed by atoms with Gasteiger partial charge in [0.15, 0.2) is 35.4 Å². The molecule has 2 aromatic carbocycles. The van der Waals surface area contributed by atoms with Gasteiger partial charge in [0.05, 0.1) is 26.9 Å². The molecule has 2 aliphatic heterocycles. The summed E-state index contributed by atoms with van der Waals surface area (Å²) in [5.41, 5.74) is 1.00. The van der Waals surface area contributed by atoms with E-state index in [9.17, 15) is 45.6 Å². The summed E-state index contributed by atoms with van der Waals surface area (Å²) in [4.78, 5) is 12.1. The van der Waals surface area contributed by atoms with Crippen molar-refractivity contribution in [2.24, 2.45) is 0 Å². The van der Waals surface area contributed by atoms with Crippen molar-refractivity contribution in [1.82, 2.24) is 0 Å². The van der Waals surface area contributed by atoms with E-state index in [-0.39, 0.29) is 35.4 Å². The number of hydrogen-bond donors (Lipinski definition) is 8. The molecule has 0 unspecified atom stereocenters. The van der Waals surface area contributed by atoms with Crippen LogP contribution in [-0.2, 0) is 23.7 Å². The van der Waals surface area contributed by atoms with E-state index in [0.29, 0.717) is 11.1 Å². The maximum absolute atomic E-state index is 12.1. The fourth-order valence-electron chi connectivity index (χ4n) is 4.98. The Morgan fingerprint density at radius 1 is 0.812 bits per heavy atom. The first-order valence-electron chi connectivity index (χ1n) is 14.8. The third kappa shape index (κ3) is 8.54. The SMILES string of the molecule is COc1cc(/C=C/COC(=O)/C=C/c2ccc(O)c(O)c2)cc(OC)c1O[C@@H]1O[C@H](CO)[C@@H](O)[C@H](O)[C@H]1O[C@@H]1O[C@@H](C)[C@H](O)[C@@H](O)[C@H]1O. The molecule has 2 fully saturated rings. The van der Waals surface area contributed by atoms with Crippen molar-refractivity contribution in [2.45, 2.75) is 68.3 Å². The normalized spacial score (nSPS) is 30.8. The van der Waals surface area contributed by atoms with Crippen LogP contribution in [0.1, 0.15) is 18.1 Å². The van der Waals surface area contributed by atoms with E-state index >= 15 is 0 Å². The number of rotatable bonds is 12. The molecule has 2 saturated heterocycles. The summed E-state index contributed by atoms with van der Waals surface area (Å²) in [7, 11) is 2.70. The Bertz CT molecular complexity index is 1420. The van der Waals surface area contributed by atoms with Gasteiger partial charge in [0, 0.05) is 6.08 Å². The molecule has 16 nitrogen and oxygen atoms in total. The number of hydrogen-bond acceptors (Lipinski definition) is 16. The first kappa shape index (κ1) is 36.9. The zero-order valence-electron chi connectivity index (χ0n) is 26.2. The third-order valence-electron chi connectivity index (χ3n) is 7.68. The van der Waals surface area contributed by atoms with Gasteiger partial charge >= 0.3 is 5.97 Å². The lowest BCUT2D eigenvalue weighted by atomic mass is 9.97. The van der Waals surface area contributed by atoms with Crippen molar-refractivity contribution in [2.75, 3.05) is 27.4 Å².